The molecule has 3 aromatic rings. The van der Waals surface area contributed by atoms with Gasteiger partial charge in [0.1, 0.15) is 11.1 Å². The maximum Gasteiger partial charge on any atom is 0.435 e. The molecule has 0 fully saturated rings. The zero-order valence-electron chi connectivity index (χ0n) is 17.1. The molecular weight excluding hydrogens is 417 g/mol. The van der Waals surface area contributed by atoms with Gasteiger partial charge in [0.2, 0.25) is 0 Å². The van der Waals surface area contributed by atoms with Crippen molar-refractivity contribution in [1.29, 1.82) is 0 Å². The number of nitrogens with zero attached hydrogens (tertiary/aromatic N) is 4. The van der Waals surface area contributed by atoms with Gasteiger partial charge in [0.25, 0.3) is 5.56 Å². The molecule has 0 amide bonds. The van der Waals surface area contributed by atoms with Gasteiger partial charge in [-0.15, -0.1) is 0 Å². The number of halogens is 3. The highest BCUT2D eigenvalue weighted by Gasteiger charge is 2.39. The van der Waals surface area contributed by atoms with E-state index in [0.29, 0.717) is 11.3 Å². The Hall–Kier alpha value is -3.37. The minimum absolute atomic E-state index is 0.0282. The lowest BCUT2D eigenvalue weighted by molar-refractivity contribution is -0.143. The van der Waals surface area contributed by atoms with Crippen molar-refractivity contribution >= 4 is 16.9 Å². The molecule has 166 valence electrons. The molecule has 0 aliphatic carbocycles. The lowest BCUT2D eigenvalue weighted by Gasteiger charge is -2.13. The second kappa shape index (κ2) is 8.78. The van der Waals surface area contributed by atoms with Gasteiger partial charge in [0.05, 0.1) is 44.4 Å². The number of aromatic nitrogens is 4. The largest absolute Gasteiger partial charge is 0.497 e. The van der Waals surface area contributed by atoms with Crippen molar-refractivity contribution in [1.82, 2.24) is 19.6 Å². The minimum atomic E-state index is -4.86. The number of carbonyl (C=O) groups is 1. The molecule has 8 nitrogen and oxygen atoms in total. The second-order valence-corrected chi connectivity index (χ2v) is 6.86. The summed E-state index contributed by atoms with van der Waals surface area (Å²) in [7, 11) is 1.51. The van der Waals surface area contributed by atoms with E-state index >= 15 is 0 Å². The van der Waals surface area contributed by atoms with Crippen LogP contribution < -0.4 is 10.3 Å². The third-order valence-electron chi connectivity index (χ3n) is 4.66. The molecule has 1 unspecified atom stereocenters. The Morgan fingerprint density at radius 1 is 1.23 bits per heavy atom. The van der Waals surface area contributed by atoms with Crippen LogP contribution in [0.3, 0.4) is 0 Å². The Labute approximate surface area is 175 Å². The van der Waals surface area contributed by atoms with Crippen LogP contribution in [0.1, 0.15) is 37.6 Å². The first-order valence-electron chi connectivity index (χ1n) is 9.49. The lowest BCUT2D eigenvalue weighted by atomic mass is 10.2. The van der Waals surface area contributed by atoms with E-state index in [1.165, 1.54) is 14.0 Å². The Bertz CT molecular complexity index is 1140. The number of rotatable bonds is 7. The molecule has 0 saturated heterocycles. The molecule has 2 aromatic heterocycles. The van der Waals surface area contributed by atoms with Crippen LogP contribution in [-0.4, -0.2) is 39.2 Å². The number of carbonyl (C=O) groups excluding carboxylic acids is 1. The average molecular weight is 438 g/mol. The van der Waals surface area contributed by atoms with Crippen LogP contribution in [0, 0.1) is 0 Å². The van der Waals surface area contributed by atoms with Gasteiger partial charge in [0.15, 0.2) is 5.69 Å². The highest BCUT2D eigenvalue weighted by molar-refractivity contribution is 5.81. The van der Waals surface area contributed by atoms with Crippen molar-refractivity contribution in [3.63, 3.8) is 0 Å². The maximum absolute atomic E-state index is 13.6. The van der Waals surface area contributed by atoms with Crippen molar-refractivity contribution in [3.8, 4) is 5.75 Å². The molecule has 0 N–H and O–H groups in total. The van der Waals surface area contributed by atoms with Gasteiger partial charge in [-0.05, 0) is 31.5 Å². The highest BCUT2D eigenvalue weighted by atomic mass is 19.4. The molecule has 2 heterocycles. The number of benzene rings is 1. The van der Waals surface area contributed by atoms with Crippen molar-refractivity contribution in [2.24, 2.45) is 0 Å². The van der Waals surface area contributed by atoms with Crippen LogP contribution in [0.15, 0.2) is 35.3 Å². The minimum Gasteiger partial charge on any atom is -0.497 e. The third-order valence-corrected chi connectivity index (χ3v) is 4.66. The van der Waals surface area contributed by atoms with Crippen molar-refractivity contribution in [3.05, 3.63) is 52.1 Å². The highest BCUT2D eigenvalue weighted by Crippen LogP contribution is 2.33. The molecule has 0 radical (unpaired) electrons. The Balaban J connectivity index is 2.06. The van der Waals surface area contributed by atoms with Crippen LogP contribution in [0.4, 0.5) is 13.2 Å². The summed E-state index contributed by atoms with van der Waals surface area (Å²) in [5.41, 5.74) is -1.67. The fraction of sp³-hybridized carbons (Fsp3) is 0.400. The predicted molar refractivity (Wildman–Crippen MR) is 105 cm³/mol. The van der Waals surface area contributed by atoms with Crippen LogP contribution in [0.2, 0.25) is 0 Å². The Morgan fingerprint density at radius 2 is 1.90 bits per heavy atom. The summed E-state index contributed by atoms with van der Waals surface area (Å²) >= 11 is 0. The standard InChI is InChI=1S/C20H21F3N4O4/c1-4-31-16(28)9-12(2)27-15-10-24-26(11-13-5-7-14(30-3)8-6-13)19(29)17(15)18(25-27)20(21,22)23/h5-8,10,12H,4,9,11H2,1-3H3. The van der Waals surface area contributed by atoms with Gasteiger partial charge in [-0.3, -0.25) is 14.3 Å². The number of methoxy groups -OCH3 is 1. The molecule has 1 atom stereocenters. The van der Waals surface area contributed by atoms with E-state index in [2.05, 4.69) is 10.2 Å². The quantitative estimate of drug-likeness (QED) is 0.527. The topological polar surface area (TPSA) is 88.2 Å². The van der Waals surface area contributed by atoms with Gasteiger partial charge in [-0.25, -0.2) is 4.68 Å². The zero-order chi connectivity index (χ0) is 22.8. The zero-order valence-corrected chi connectivity index (χ0v) is 17.1. The van der Waals surface area contributed by atoms with Crippen LogP contribution in [-0.2, 0) is 22.3 Å². The number of hydrogen-bond acceptors (Lipinski definition) is 6. The van der Waals surface area contributed by atoms with Gasteiger partial charge in [-0.2, -0.15) is 23.4 Å². The summed E-state index contributed by atoms with van der Waals surface area (Å²) < 4.78 is 52.8. The molecule has 11 heteroatoms. The first-order valence-corrected chi connectivity index (χ1v) is 9.49. The summed E-state index contributed by atoms with van der Waals surface area (Å²) in [5.74, 6) is 0.0312. The summed E-state index contributed by atoms with van der Waals surface area (Å²) in [5, 5.41) is 7.06. The monoisotopic (exact) mass is 438 g/mol. The van der Waals surface area contributed by atoms with E-state index in [4.69, 9.17) is 9.47 Å². The van der Waals surface area contributed by atoms with Gasteiger partial charge in [0, 0.05) is 0 Å². The van der Waals surface area contributed by atoms with E-state index in [1.54, 1.807) is 31.2 Å². The van der Waals surface area contributed by atoms with Crippen molar-refractivity contribution in [2.45, 2.75) is 39.0 Å². The Morgan fingerprint density at radius 3 is 2.48 bits per heavy atom. The molecule has 0 saturated carbocycles. The molecule has 0 spiro atoms. The molecule has 0 aliphatic heterocycles. The number of ether oxygens (including phenoxy) is 2. The summed E-state index contributed by atoms with van der Waals surface area (Å²) in [6.45, 7) is 3.27. The van der Waals surface area contributed by atoms with E-state index in [0.717, 1.165) is 15.6 Å². The fourth-order valence-electron chi connectivity index (χ4n) is 3.19. The van der Waals surface area contributed by atoms with E-state index in [1.807, 2.05) is 0 Å². The van der Waals surface area contributed by atoms with Crippen LogP contribution >= 0.6 is 0 Å². The second-order valence-electron chi connectivity index (χ2n) is 6.86. The molecule has 0 aliphatic rings. The van der Waals surface area contributed by atoms with E-state index in [-0.39, 0.29) is 25.1 Å². The van der Waals surface area contributed by atoms with E-state index < -0.39 is 34.8 Å². The first kappa shape index (κ1) is 22.3. The summed E-state index contributed by atoms with van der Waals surface area (Å²) in [6, 6.07) is 5.96. The van der Waals surface area contributed by atoms with Gasteiger partial charge >= 0.3 is 12.1 Å². The van der Waals surface area contributed by atoms with Crippen molar-refractivity contribution < 1.29 is 27.4 Å². The molecular formula is C20H21F3N4O4. The van der Waals surface area contributed by atoms with Crippen LogP contribution in [0.25, 0.3) is 10.9 Å². The smallest absolute Gasteiger partial charge is 0.435 e. The number of hydrogen-bond donors (Lipinski definition) is 0. The summed E-state index contributed by atoms with van der Waals surface area (Å²) in [6.07, 6.45) is -3.90. The van der Waals surface area contributed by atoms with Gasteiger partial charge < -0.3 is 9.47 Å². The lowest BCUT2D eigenvalue weighted by Crippen LogP contribution is -2.25. The number of esters is 1. The average Bonchev–Trinajstić information content (AvgIpc) is 3.12. The maximum atomic E-state index is 13.6. The Kier molecular flexibility index (Phi) is 6.32. The fourth-order valence-corrected chi connectivity index (χ4v) is 3.19. The molecule has 1 aromatic carbocycles. The molecule has 0 bridgehead atoms. The predicted octanol–water partition coefficient (Wildman–Crippen LogP) is 3.18. The van der Waals surface area contributed by atoms with Crippen LogP contribution in [0.5, 0.6) is 5.75 Å². The molecule has 31 heavy (non-hydrogen) atoms. The normalized spacial score (nSPS) is 12.7. The first-order chi connectivity index (χ1) is 14.7. The van der Waals surface area contributed by atoms with Gasteiger partial charge in [-0.1, -0.05) is 12.1 Å². The van der Waals surface area contributed by atoms with Crippen molar-refractivity contribution in [2.75, 3.05) is 13.7 Å². The molecule has 3 rings (SSSR count). The third kappa shape index (κ3) is 4.70. The number of alkyl halides is 3. The van der Waals surface area contributed by atoms with E-state index in [9.17, 15) is 22.8 Å². The summed E-state index contributed by atoms with van der Waals surface area (Å²) in [4.78, 5) is 24.7. The SMILES string of the molecule is CCOC(=O)CC(C)n1nc(C(F)(F)F)c2c(=O)n(Cc3ccc(OC)cc3)ncc21. The number of fused-ring (bicyclic) bond motifs is 1.